The monoisotopic (exact) mass is 342 g/mol. The molecule has 0 aliphatic heterocycles. The summed E-state index contributed by atoms with van der Waals surface area (Å²) in [4.78, 5) is 14.2. The van der Waals surface area contributed by atoms with Crippen molar-refractivity contribution in [2.45, 2.75) is 13.5 Å². The molecule has 0 unspecified atom stereocenters. The summed E-state index contributed by atoms with van der Waals surface area (Å²) in [5.41, 5.74) is 2.52. The van der Waals surface area contributed by atoms with Gasteiger partial charge in [0.2, 0.25) is 0 Å². The van der Waals surface area contributed by atoms with Crippen LogP contribution in [0.15, 0.2) is 53.0 Å². The Hall–Kier alpha value is -2.12. The van der Waals surface area contributed by atoms with Crippen molar-refractivity contribution in [3.8, 4) is 6.07 Å². The van der Waals surface area contributed by atoms with Gasteiger partial charge in [0.05, 0.1) is 6.07 Å². The van der Waals surface area contributed by atoms with Gasteiger partial charge < -0.3 is 4.90 Å². The quantitative estimate of drug-likeness (QED) is 0.790. The van der Waals surface area contributed by atoms with Gasteiger partial charge in [-0.25, -0.2) is 0 Å². The minimum atomic E-state index is -0.126. The fourth-order valence-corrected chi connectivity index (χ4v) is 2.46. The first-order chi connectivity index (χ1) is 10.1. The second kappa shape index (κ2) is 7.05. The molecule has 0 spiro atoms. The number of benzene rings is 2. The highest BCUT2D eigenvalue weighted by Crippen LogP contribution is 2.21. The Morgan fingerprint density at radius 3 is 2.57 bits per heavy atom. The minimum Gasteiger partial charge on any atom is -0.321 e. The first-order valence-electron chi connectivity index (χ1n) is 6.58. The third kappa shape index (κ3) is 3.71. The summed E-state index contributed by atoms with van der Waals surface area (Å²) in [5, 5.41) is 8.98. The lowest BCUT2D eigenvalue weighted by molar-refractivity contribution is 0.0764. The molecule has 0 bridgehead atoms. The average molecular weight is 343 g/mol. The van der Waals surface area contributed by atoms with E-state index in [9.17, 15) is 4.79 Å². The molecule has 0 saturated heterocycles. The van der Waals surface area contributed by atoms with Crippen LogP contribution in [0.25, 0.3) is 0 Å². The maximum atomic E-state index is 12.7. The van der Waals surface area contributed by atoms with E-state index in [1.807, 2.05) is 49.4 Å². The molecular formula is C17H15BrN2O. The number of nitrogens with zero attached hydrogens (tertiary/aromatic N) is 2. The summed E-state index contributed by atoms with van der Waals surface area (Å²) in [6.07, 6.45) is 0. The smallest absolute Gasteiger partial charge is 0.255 e. The Balaban J connectivity index is 2.28. The molecule has 0 fully saturated rings. The predicted molar refractivity (Wildman–Crippen MR) is 85.7 cm³/mol. The van der Waals surface area contributed by atoms with Crippen LogP contribution in [0.5, 0.6) is 0 Å². The van der Waals surface area contributed by atoms with Gasteiger partial charge in [-0.2, -0.15) is 5.26 Å². The molecule has 3 nitrogen and oxygen atoms in total. The molecule has 4 heteroatoms. The summed E-state index contributed by atoms with van der Waals surface area (Å²) in [6.45, 7) is 2.39. The molecule has 0 N–H and O–H groups in total. The zero-order valence-electron chi connectivity index (χ0n) is 11.7. The Kier molecular flexibility index (Phi) is 5.13. The van der Waals surface area contributed by atoms with Crippen LogP contribution in [-0.4, -0.2) is 17.4 Å². The molecular weight excluding hydrogens is 328 g/mol. The van der Waals surface area contributed by atoms with E-state index in [1.165, 1.54) is 0 Å². The van der Waals surface area contributed by atoms with Gasteiger partial charge in [0.1, 0.15) is 6.54 Å². The van der Waals surface area contributed by atoms with E-state index in [-0.39, 0.29) is 12.5 Å². The van der Waals surface area contributed by atoms with Crippen molar-refractivity contribution in [1.29, 1.82) is 5.26 Å². The lowest BCUT2D eigenvalue weighted by Crippen LogP contribution is -2.31. The Labute approximate surface area is 132 Å². The molecule has 0 aliphatic carbocycles. The number of nitriles is 1. The van der Waals surface area contributed by atoms with Gasteiger partial charge in [0, 0.05) is 16.6 Å². The molecule has 0 saturated carbocycles. The van der Waals surface area contributed by atoms with Crippen molar-refractivity contribution in [2.24, 2.45) is 0 Å². The van der Waals surface area contributed by atoms with Crippen LogP contribution in [0.3, 0.4) is 0 Å². The van der Waals surface area contributed by atoms with Gasteiger partial charge in [-0.05, 0) is 30.2 Å². The highest BCUT2D eigenvalue weighted by molar-refractivity contribution is 9.10. The SMILES string of the molecule is Cc1c(Br)cccc1C(=O)N(CC#N)Cc1ccccc1. The van der Waals surface area contributed by atoms with Crippen molar-refractivity contribution >= 4 is 21.8 Å². The number of carbonyl (C=O) groups excluding carboxylic acids is 1. The topological polar surface area (TPSA) is 44.1 Å². The maximum Gasteiger partial charge on any atom is 0.255 e. The first-order valence-corrected chi connectivity index (χ1v) is 7.38. The van der Waals surface area contributed by atoms with Gasteiger partial charge >= 0.3 is 0 Å². The van der Waals surface area contributed by atoms with E-state index < -0.39 is 0 Å². The lowest BCUT2D eigenvalue weighted by atomic mass is 10.1. The van der Waals surface area contributed by atoms with Crippen LogP contribution in [0, 0.1) is 18.3 Å². The Morgan fingerprint density at radius 2 is 1.90 bits per heavy atom. The number of carbonyl (C=O) groups is 1. The second-order valence-corrected chi connectivity index (χ2v) is 5.57. The van der Waals surface area contributed by atoms with Crippen LogP contribution in [0.4, 0.5) is 0 Å². The first kappa shape index (κ1) is 15.3. The number of rotatable bonds is 4. The number of halogens is 1. The highest BCUT2D eigenvalue weighted by Gasteiger charge is 2.18. The van der Waals surface area contributed by atoms with Crippen LogP contribution < -0.4 is 0 Å². The molecule has 0 aliphatic rings. The molecule has 21 heavy (non-hydrogen) atoms. The van der Waals surface area contributed by atoms with Crippen LogP contribution in [-0.2, 0) is 6.54 Å². The number of amides is 1. The van der Waals surface area contributed by atoms with Crippen LogP contribution in [0.2, 0.25) is 0 Å². The summed E-state index contributed by atoms with van der Waals surface area (Å²) in [5.74, 6) is -0.126. The van der Waals surface area contributed by atoms with Crippen molar-refractivity contribution < 1.29 is 4.79 Å². The normalized spacial score (nSPS) is 9.95. The summed E-state index contributed by atoms with van der Waals surface area (Å²) >= 11 is 3.43. The Morgan fingerprint density at radius 1 is 1.19 bits per heavy atom. The third-order valence-corrected chi connectivity index (χ3v) is 4.12. The van der Waals surface area contributed by atoms with Gasteiger partial charge in [-0.15, -0.1) is 0 Å². The van der Waals surface area contributed by atoms with E-state index in [0.717, 1.165) is 15.6 Å². The van der Waals surface area contributed by atoms with E-state index in [1.54, 1.807) is 11.0 Å². The van der Waals surface area contributed by atoms with Crippen molar-refractivity contribution in [2.75, 3.05) is 6.54 Å². The predicted octanol–water partition coefficient (Wildman–Crippen LogP) is 3.92. The summed E-state index contributed by atoms with van der Waals surface area (Å²) < 4.78 is 0.893. The largest absolute Gasteiger partial charge is 0.321 e. The number of hydrogen-bond acceptors (Lipinski definition) is 2. The van der Waals surface area contributed by atoms with Gasteiger partial charge in [0.15, 0.2) is 0 Å². The van der Waals surface area contributed by atoms with Crippen molar-refractivity contribution in [3.05, 3.63) is 69.7 Å². The van der Waals surface area contributed by atoms with E-state index >= 15 is 0 Å². The highest BCUT2D eigenvalue weighted by atomic mass is 79.9. The van der Waals surface area contributed by atoms with E-state index in [2.05, 4.69) is 22.0 Å². The van der Waals surface area contributed by atoms with Crippen molar-refractivity contribution in [3.63, 3.8) is 0 Å². The van der Waals surface area contributed by atoms with Gasteiger partial charge in [-0.1, -0.05) is 52.3 Å². The molecule has 0 radical (unpaired) electrons. The molecule has 2 aromatic carbocycles. The second-order valence-electron chi connectivity index (χ2n) is 4.72. The van der Waals surface area contributed by atoms with Gasteiger partial charge in [-0.3, -0.25) is 4.79 Å². The summed E-state index contributed by atoms with van der Waals surface area (Å²) in [6, 6.07) is 17.3. The summed E-state index contributed by atoms with van der Waals surface area (Å²) in [7, 11) is 0. The molecule has 2 aromatic rings. The molecule has 106 valence electrons. The lowest BCUT2D eigenvalue weighted by Gasteiger charge is -2.21. The van der Waals surface area contributed by atoms with Crippen molar-refractivity contribution in [1.82, 2.24) is 4.90 Å². The fourth-order valence-electron chi connectivity index (χ4n) is 2.10. The molecule has 0 heterocycles. The van der Waals surface area contributed by atoms with Gasteiger partial charge in [0.25, 0.3) is 5.91 Å². The molecule has 0 atom stereocenters. The standard InChI is InChI=1S/C17H15BrN2O/c1-13-15(8-5-9-16(13)18)17(21)20(11-10-19)12-14-6-3-2-4-7-14/h2-9H,11-12H2,1H3. The molecule has 0 aromatic heterocycles. The van der Waals surface area contributed by atoms with Crippen LogP contribution >= 0.6 is 15.9 Å². The van der Waals surface area contributed by atoms with E-state index in [4.69, 9.17) is 5.26 Å². The average Bonchev–Trinajstić information content (AvgIpc) is 2.50. The number of hydrogen-bond donors (Lipinski definition) is 0. The Bertz CT molecular complexity index is 677. The van der Waals surface area contributed by atoms with Crippen LogP contribution in [0.1, 0.15) is 21.5 Å². The third-order valence-electron chi connectivity index (χ3n) is 3.26. The maximum absolute atomic E-state index is 12.7. The van der Waals surface area contributed by atoms with E-state index in [0.29, 0.717) is 12.1 Å². The molecule has 2 rings (SSSR count). The minimum absolute atomic E-state index is 0.0691. The zero-order valence-corrected chi connectivity index (χ0v) is 13.3. The fraction of sp³-hybridized carbons (Fsp3) is 0.176. The zero-order chi connectivity index (χ0) is 15.2. The molecule has 1 amide bonds.